The van der Waals surface area contributed by atoms with Gasteiger partial charge in [-0.05, 0) is 68.5 Å². The van der Waals surface area contributed by atoms with Crippen molar-refractivity contribution in [2.75, 3.05) is 33.1 Å². The standard InChI is InChI=1S/C49H66N4O14/c1-6-11-16-21-36(39(10-5)53(33-54)67-48(60)34-19-17-15-18-20-34)45(57)50-32-51-47(59)41-25-24-40(66-41)35-22-23-37(42(29-35)65-31-44(56)63-27-13-8-3)46(58)52-38(49(61)64-28-14-9-4)30-43(55)62-26-12-7-2/h15,17-20,22-25,29,33,36,38-39H,6-14,16,21,26-28,30-32H2,1-5H3,(H,50,57)(H,51,59)(H,52,58)/t36-,38+,39-/m1/s1. The van der Waals surface area contributed by atoms with E-state index in [4.69, 9.17) is 28.2 Å². The molecule has 3 atom stereocenters. The Bertz CT molecular complexity index is 2060. The lowest BCUT2D eigenvalue weighted by molar-refractivity contribution is -0.171. The van der Waals surface area contributed by atoms with E-state index >= 15 is 0 Å². The van der Waals surface area contributed by atoms with E-state index in [9.17, 15) is 38.4 Å². The molecule has 0 saturated carbocycles. The Balaban J connectivity index is 1.79. The fraction of sp³-hybridized carbons (Fsp3) is 0.510. The van der Waals surface area contributed by atoms with Gasteiger partial charge in [0.05, 0.1) is 56.0 Å². The number of carbonyl (C=O) groups excluding carboxylic acids is 8. The Morgan fingerprint density at radius 1 is 0.716 bits per heavy atom. The summed E-state index contributed by atoms with van der Waals surface area (Å²) in [5.41, 5.74) is 0.473. The molecule has 0 aliphatic heterocycles. The summed E-state index contributed by atoms with van der Waals surface area (Å²) in [5, 5.41) is 8.73. The highest BCUT2D eigenvalue weighted by Crippen LogP contribution is 2.30. The lowest BCUT2D eigenvalue weighted by atomic mass is 9.90. The van der Waals surface area contributed by atoms with Crippen molar-refractivity contribution in [1.29, 1.82) is 0 Å². The van der Waals surface area contributed by atoms with Crippen LogP contribution in [-0.2, 0) is 43.0 Å². The molecule has 18 heteroatoms. The van der Waals surface area contributed by atoms with Crippen molar-refractivity contribution in [2.45, 2.75) is 124 Å². The summed E-state index contributed by atoms with van der Waals surface area (Å²) in [6.45, 7) is 9.11. The van der Waals surface area contributed by atoms with Gasteiger partial charge in [-0.1, -0.05) is 97.4 Å². The molecule has 4 amide bonds. The summed E-state index contributed by atoms with van der Waals surface area (Å²) in [4.78, 5) is 109. The highest BCUT2D eigenvalue weighted by atomic mass is 16.7. The zero-order valence-electron chi connectivity index (χ0n) is 39.3. The molecule has 0 aliphatic rings. The Morgan fingerprint density at radius 2 is 1.37 bits per heavy atom. The monoisotopic (exact) mass is 934 g/mol. The third kappa shape index (κ3) is 18.6. The van der Waals surface area contributed by atoms with E-state index in [-0.39, 0.29) is 61.3 Å². The summed E-state index contributed by atoms with van der Waals surface area (Å²) in [7, 11) is 0. The number of benzene rings is 2. The number of hydrogen-bond donors (Lipinski definition) is 3. The van der Waals surface area contributed by atoms with E-state index in [1.54, 1.807) is 37.3 Å². The van der Waals surface area contributed by atoms with Gasteiger partial charge in [0.25, 0.3) is 11.8 Å². The third-order valence-corrected chi connectivity index (χ3v) is 10.4. The predicted octanol–water partition coefficient (Wildman–Crippen LogP) is 6.85. The molecule has 0 bridgehead atoms. The summed E-state index contributed by atoms with van der Waals surface area (Å²) < 4.78 is 27.5. The molecule has 0 unspecified atom stereocenters. The number of hydrogen-bond acceptors (Lipinski definition) is 14. The maximum Gasteiger partial charge on any atom is 0.363 e. The summed E-state index contributed by atoms with van der Waals surface area (Å²) >= 11 is 0. The molecule has 3 aromatic rings. The van der Waals surface area contributed by atoms with Gasteiger partial charge in [0, 0.05) is 5.56 Å². The molecule has 0 radical (unpaired) electrons. The van der Waals surface area contributed by atoms with Gasteiger partial charge >= 0.3 is 23.9 Å². The van der Waals surface area contributed by atoms with Gasteiger partial charge in [0.2, 0.25) is 12.3 Å². The van der Waals surface area contributed by atoms with Gasteiger partial charge in [0.1, 0.15) is 17.6 Å². The van der Waals surface area contributed by atoms with E-state index in [1.165, 1.54) is 30.3 Å². The Labute approximate surface area is 392 Å². The first-order valence-corrected chi connectivity index (χ1v) is 23.1. The Morgan fingerprint density at radius 3 is 2.01 bits per heavy atom. The quantitative estimate of drug-likeness (QED) is 0.0145. The molecule has 0 aliphatic carbocycles. The van der Waals surface area contributed by atoms with Crippen LogP contribution in [0, 0.1) is 5.92 Å². The van der Waals surface area contributed by atoms with Gasteiger partial charge in [-0.25, -0.2) is 14.4 Å². The van der Waals surface area contributed by atoms with E-state index < -0.39 is 72.6 Å². The Kier molecular flexibility index (Phi) is 24.8. The summed E-state index contributed by atoms with van der Waals surface area (Å²) in [6.07, 6.45) is 7.10. The summed E-state index contributed by atoms with van der Waals surface area (Å²) in [5.74, 6) is -5.76. The number of nitrogens with one attached hydrogen (secondary N) is 3. The third-order valence-electron chi connectivity index (χ3n) is 10.4. The van der Waals surface area contributed by atoms with Gasteiger partial charge in [-0.2, -0.15) is 5.06 Å². The molecule has 3 N–H and O–H groups in total. The van der Waals surface area contributed by atoms with Crippen molar-refractivity contribution in [1.82, 2.24) is 21.0 Å². The average molecular weight is 935 g/mol. The molecule has 3 rings (SSSR count). The largest absolute Gasteiger partial charge is 0.481 e. The van der Waals surface area contributed by atoms with Crippen LogP contribution in [0.25, 0.3) is 11.3 Å². The number of furan rings is 1. The molecule has 1 aromatic heterocycles. The first-order valence-electron chi connectivity index (χ1n) is 23.1. The number of carbonyl (C=O) groups is 8. The van der Waals surface area contributed by atoms with E-state index in [0.717, 1.165) is 37.2 Å². The zero-order valence-corrected chi connectivity index (χ0v) is 39.3. The van der Waals surface area contributed by atoms with Crippen LogP contribution in [-0.4, -0.2) is 98.3 Å². The fourth-order valence-corrected chi connectivity index (χ4v) is 6.58. The first-order chi connectivity index (χ1) is 32.4. The maximum absolute atomic E-state index is 13.8. The van der Waals surface area contributed by atoms with Crippen LogP contribution in [0.1, 0.15) is 143 Å². The van der Waals surface area contributed by atoms with Gasteiger partial charge < -0.3 is 44.2 Å². The molecular weight excluding hydrogens is 869 g/mol. The van der Waals surface area contributed by atoms with Crippen LogP contribution in [0.5, 0.6) is 5.75 Å². The topological polar surface area (TPSA) is 235 Å². The van der Waals surface area contributed by atoms with Crippen molar-refractivity contribution >= 4 is 48.0 Å². The highest BCUT2D eigenvalue weighted by molar-refractivity contribution is 6.00. The minimum absolute atomic E-state index is 0.0870. The molecule has 0 spiro atoms. The van der Waals surface area contributed by atoms with Crippen LogP contribution >= 0.6 is 0 Å². The maximum atomic E-state index is 13.8. The van der Waals surface area contributed by atoms with E-state index in [1.807, 2.05) is 27.7 Å². The van der Waals surface area contributed by atoms with Crippen LogP contribution in [0.3, 0.4) is 0 Å². The number of unbranched alkanes of at least 4 members (excludes halogenated alkanes) is 5. The number of hydroxylamine groups is 2. The number of ether oxygens (including phenoxy) is 4. The smallest absolute Gasteiger partial charge is 0.363 e. The second-order valence-electron chi connectivity index (χ2n) is 15.6. The second kappa shape index (κ2) is 30.5. The number of rotatable bonds is 32. The van der Waals surface area contributed by atoms with E-state index in [2.05, 4.69) is 16.0 Å². The van der Waals surface area contributed by atoms with E-state index in [0.29, 0.717) is 44.1 Å². The van der Waals surface area contributed by atoms with Crippen molar-refractivity contribution in [3.63, 3.8) is 0 Å². The second-order valence-corrected chi connectivity index (χ2v) is 15.6. The normalized spacial score (nSPS) is 12.1. The van der Waals surface area contributed by atoms with Crippen LogP contribution in [0.15, 0.2) is 65.1 Å². The van der Waals surface area contributed by atoms with Crippen molar-refractivity contribution in [2.24, 2.45) is 5.92 Å². The van der Waals surface area contributed by atoms with Gasteiger partial charge in [-0.3, -0.25) is 24.0 Å². The highest BCUT2D eigenvalue weighted by Gasteiger charge is 2.34. The molecular formula is C49H66N4O14. The number of esters is 3. The predicted molar refractivity (Wildman–Crippen MR) is 245 cm³/mol. The molecule has 366 valence electrons. The number of amides is 4. The molecule has 2 aromatic carbocycles. The van der Waals surface area contributed by atoms with Crippen LogP contribution < -0.4 is 20.7 Å². The molecule has 18 nitrogen and oxygen atoms in total. The van der Waals surface area contributed by atoms with Gasteiger partial charge in [-0.15, -0.1) is 0 Å². The number of nitrogens with zero attached hydrogens (tertiary/aromatic N) is 1. The lowest BCUT2D eigenvalue weighted by Gasteiger charge is -2.31. The molecule has 0 fully saturated rings. The fourth-order valence-electron chi connectivity index (χ4n) is 6.58. The van der Waals surface area contributed by atoms with Crippen molar-refractivity contribution < 1.29 is 66.6 Å². The lowest BCUT2D eigenvalue weighted by Crippen LogP contribution is -2.49. The molecule has 0 saturated heterocycles. The zero-order chi connectivity index (χ0) is 49.0. The minimum atomic E-state index is -1.39. The van der Waals surface area contributed by atoms with Crippen molar-refractivity contribution in [3.8, 4) is 17.1 Å². The summed E-state index contributed by atoms with van der Waals surface area (Å²) in [6, 6.07) is 13.1. The average Bonchev–Trinajstić information content (AvgIpc) is 3.83. The molecule has 67 heavy (non-hydrogen) atoms. The molecule has 1 heterocycles. The SMILES string of the molecule is CCCCC[C@@H](C(=O)NCNC(=O)c1ccc(-c2ccc(C(=O)N[C@@H](CC(=O)OCCCC)C(=O)OCCCC)c(OCC(=O)OCCCC)c2)o1)[C@@H](CC)N(C=O)OC(=O)c1ccccc1. The van der Waals surface area contributed by atoms with Gasteiger partial charge in [0.15, 0.2) is 12.4 Å². The van der Waals surface area contributed by atoms with Crippen LogP contribution in [0.4, 0.5) is 0 Å². The van der Waals surface area contributed by atoms with Crippen LogP contribution in [0.2, 0.25) is 0 Å². The minimum Gasteiger partial charge on any atom is -0.481 e. The van der Waals surface area contributed by atoms with Crippen molar-refractivity contribution in [3.05, 3.63) is 77.6 Å². The Hall–Kier alpha value is -6.72. The first kappa shape index (κ1) is 54.6.